The topological polar surface area (TPSA) is 41.6 Å². The van der Waals surface area contributed by atoms with Gasteiger partial charge in [-0.3, -0.25) is 9.69 Å². The number of amides is 1. The molecule has 0 radical (unpaired) electrons. The van der Waals surface area contributed by atoms with Gasteiger partial charge in [-0.15, -0.1) is 0 Å². The summed E-state index contributed by atoms with van der Waals surface area (Å²) < 4.78 is 5.40. The van der Waals surface area contributed by atoms with E-state index >= 15 is 0 Å². The number of carbonyl (C=O) groups excluding carboxylic acids is 1. The summed E-state index contributed by atoms with van der Waals surface area (Å²) >= 11 is 0. The van der Waals surface area contributed by atoms with Crippen LogP contribution in [0.15, 0.2) is 42.5 Å². The van der Waals surface area contributed by atoms with E-state index in [1.54, 1.807) is 7.11 Å². The largest absolute Gasteiger partial charge is 0.496 e. The van der Waals surface area contributed by atoms with E-state index in [1.165, 1.54) is 16.7 Å². The van der Waals surface area contributed by atoms with Gasteiger partial charge in [0.1, 0.15) is 5.75 Å². The number of likely N-dealkylation sites (N-methyl/N-ethyl adjacent to an activating group) is 1. The summed E-state index contributed by atoms with van der Waals surface area (Å²) in [5.74, 6) is 0.903. The molecule has 134 valence electrons. The zero-order valence-corrected chi connectivity index (χ0v) is 15.6. The van der Waals surface area contributed by atoms with E-state index in [9.17, 15) is 4.79 Å². The lowest BCUT2D eigenvalue weighted by molar-refractivity contribution is -0.122. The summed E-state index contributed by atoms with van der Waals surface area (Å²) in [5, 5.41) is 3.00. The second-order valence-corrected chi connectivity index (χ2v) is 6.51. The van der Waals surface area contributed by atoms with Gasteiger partial charge >= 0.3 is 0 Å². The number of aryl methyl sites for hydroxylation is 2. The smallest absolute Gasteiger partial charge is 0.234 e. The minimum absolute atomic E-state index is 0.0442. The van der Waals surface area contributed by atoms with Crippen molar-refractivity contribution < 1.29 is 9.53 Å². The standard InChI is InChI=1S/C21H28N2O2/c1-16-9-10-20(25-4)19(13-16)14-23(3)15-21(24)22-12-11-18-8-6-5-7-17(18)2/h5-10,13H,11-12,14-15H2,1-4H3,(H,22,24). The number of rotatable bonds is 8. The molecule has 0 aliphatic rings. The molecule has 0 atom stereocenters. The highest BCUT2D eigenvalue weighted by Crippen LogP contribution is 2.20. The monoisotopic (exact) mass is 340 g/mol. The third-order valence-electron chi connectivity index (χ3n) is 4.27. The normalized spacial score (nSPS) is 10.8. The number of benzene rings is 2. The highest BCUT2D eigenvalue weighted by atomic mass is 16.5. The highest BCUT2D eigenvalue weighted by molar-refractivity contribution is 5.78. The summed E-state index contributed by atoms with van der Waals surface area (Å²) in [6, 6.07) is 14.4. The second-order valence-electron chi connectivity index (χ2n) is 6.51. The molecule has 25 heavy (non-hydrogen) atoms. The Hall–Kier alpha value is -2.33. The number of nitrogens with one attached hydrogen (secondary N) is 1. The highest BCUT2D eigenvalue weighted by Gasteiger charge is 2.10. The van der Waals surface area contributed by atoms with Crippen LogP contribution in [0.5, 0.6) is 5.75 Å². The van der Waals surface area contributed by atoms with Gasteiger partial charge < -0.3 is 10.1 Å². The van der Waals surface area contributed by atoms with Crippen molar-refractivity contribution in [2.45, 2.75) is 26.8 Å². The van der Waals surface area contributed by atoms with Gasteiger partial charge in [-0.1, -0.05) is 42.0 Å². The number of nitrogens with zero attached hydrogens (tertiary/aromatic N) is 1. The lowest BCUT2D eigenvalue weighted by atomic mass is 10.1. The molecule has 0 aliphatic heterocycles. The Kier molecular flexibility index (Phi) is 7.02. The molecular formula is C21H28N2O2. The molecule has 4 heteroatoms. The van der Waals surface area contributed by atoms with Crippen molar-refractivity contribution in [3.8, 4) is 5.75 Å². The minimum atomic E-state index is 0.0442. The van der Waals surface area contributed by atoms with E-state index in [1.807, 2.05) is 36.2 Å². The first-order valence-electron chi connectivity index (χ1n) is 8.63. The van der Waals surface area contributed by atoms with E-state index in [0.29, 0.717) is 19.6 Å². The van der Waals surface area contributed by atoms with Gasteiger partial charge in [0.15, 0.2) is 0 Å². The van der Waals surface area contributed by atoms with Crippen LogP contribution < -0.4 is 10.1 Å². The predicted octanol–water partition coefficient (Wildman–Crippen LogP) is 3.10. The summed E-state index contributed by atoms with van der Waals surface area (Å²) in [7, 11) is 3.62. The molecule has 0 fully saturated rings. The molecule has 0 bridgehead atoms. The van der Waals surface area contributed by atoms with Crippen LogP contribution in [-0.2, 0) is 17.8 Å². The number of carbonyl (C=O) groups is 1. The quantitative estimate of drug-likeness (QED) is 0.803. The Bertz CT molecular complexity index is 713. The van der Waals surface area contributed by atoms with Crippen LogP contribution in [0.2, 0.25) is 0 Å². The lowest BCUT2D eigenvalue weighted by Crippen LogP contribution is -2.36. The molecule has 0 spiro atoms. The van der Waals surface area contributed by atoms with Gasteiger partial charge in [-0.05, 0) is 44.5 Å². The zero-order valence-electron chi connectivity index (χ0n) is 15.6. The first-order chi connectivity index (χ1) is 12.0. The van der Waals surface area contributed by atoms with Crippen molar-refractivity contribution in [3.05, 3.63) is 64.7 Å². The third kappa shape index (κ3) is 5.91. The maximum absolute atomic E-state index is 12.2. The van der Waals surface area contributed by atoms with Crippen molar-refractivity contribution in [1.82, 2.24) is 10.2 Å². The molecule has 4 nitrogen and oxygen atoms in total. The molecule has 0 saturated heterocycles. The summed E-state index contributed by atoms with van der Waals surface area (Å²) in [6.07, 6.45) is 0.855. The maximum atomic E-state index is 12.2. The molecule has 2 aromatic carbocycles. The molecule has 0 heterocycles. The Morgan fingerprint density at radius 2 is 1.88 bits per heavy atom. The third-order valence-corrected chi connectivity index (χ3v) is 4.27. The molecule has 2 aromatic rings. The molecule has 2 rings (SSSR count). The molecule has 0 saturated carbocycles. The van der Waals surface area contributed by atoms with Crippen LogP contribution in [0.1, 0.15) is 22.3 Å². The first kappa shape index (κ1) is 19.0. The molecule has 1 amide bonds. The van der Waals surface area contributed by atoms with Crippen LogP contribution >= 0.6 is 0 Å². The van der Waals surface area contributed by atoms with E-state index in [-0.39, 0.29) is 5.91 Å². The van der Waals surface area contributed by atoms with Gasteiger partial charge in [0.05, 0.1) is 13.7 Å². The average Bonchev–Trinajstić information content (AvgIpc) is 2.56. The van der Waals surface area contributed by atoms with E-state index < -0.39 is 0 Å². The van der Waals surface area contributed by atoms with E-state index in [0.717, 1.165) is 17.7 Å². The van der Waals surface area contributed by atoms with Crippen molar-refractivity contribution >= 4 is 5.91 Å². The van der Waals surface area contributed by atoms with Crippen LogP contribution in [0.25, 0.3) is 0 Å². The molecular weight excluding hydrogens is 312 g/mol. The zero-order chi connectivity index (χ0) is 18.2. The van der Waals surface area contributed by atoms with Crippen molar-refractivity contribution in [1.29, 1.82) is 0 Å². The molecule has 1 N–H and O–H groups in total. The fraction of sp³-hybridized carbons (Fsp3) is 0.381. The SMILES string of the molecule is COc1ccc(C)cc1CN(C)CC(=O)NCCc1ccccc1C. The summed E-state index contributed by atoms with van der Waals surface area (Å²) in [4.78, 5) is 14.2. The summed E-state index contributed by atoms with van der Waals surface area (Å²) in [6.45, 7) is 5.85. The van der Waals surface area contributed by atoms with Crippen molar-refractivity contribution in [2.75, 3.05) is 27.2 Å². The molecule has 0 unspecified atom stereocenters. The van der Waals surface area contributed by atoms with Gasteiger partial charge in [0.25, 0.3) is 0 Å². The Labute approximate surface area is 150 Å². The van der Waals surface area contributed by atoms with Crippen LogP contribution in [-0.4, -0.2) is 38.1 Å². The summed E-state index contributed by atoms with van der Waals surface area (Å²) in [5.41, 5.74) is 4.82. The van der Waals surface area contributed by atoms with Gasteiger partial charge in [0.2, 0.25) is 5.91 Å². The van der Waals surface area contributed by atoms with E-state index in [2.05, 4.69) is 37.4 Å². The van der Waals surface area contributed by atoms with Gasteiger partial charge in [0, 0.05) is 18.7 Å². The second kappa shape index (κ2) is 9.23. The first-order valence-corrected chi connectivity index (χ1v) is 8.63. The van der Waals surface area contributed by atoms with Crippen LogP contribution in [0.3, 0.4) is 0 Å². The number of hydrogen-bond donors (Lipinski definition) is 1. The van der Waals surface area contributed by atoms with Crippen molar-refractivity contribution in [3.63, 3.8) is 0 Å². The fourth-order valence-corrected chi connectivity index (χ4v) is 2.91. The Balaban J connectivity index is 1.80. The van der Waals surface area contributed by atoms with Gasteiger partial charge in [-0.2, -0.15) is 0 Å². The predicted molar refractivity (Wildman–Crippen MR) is 102 cm³/mol. The maximum Gasteiger partial charge on any atom is 0.234 e. The lowest BCUT2D eigenvalue weighted by Gasteiger charge is -2.18. The van der Waals surface area contributed by atoms with Crippen molar-refractivity contribution in [2.24, 2.45) is 0 Å². The number of hydrogen-bond acceptors (Lipinski definition) is 3. The molecule has 0 aliphatic carbocycles. The van der Waals surface area contributed by atoms with Crippen LogP contribution in [0.4, 0.5) is 0 Å². The number of methoxy groups -OCH3 is 1. The minimum Gasteiger partial charge on any atom is -0.496 e. The molecule has 0 aromatic heterocycles. The Morgan fingerprint density at radius 1 is 1.12 bits per heavy atom. The fourth-order valence-electron chi connectivity index (χ4n) is 2.91. The average molecular weight is 340 g/mol. The van der Waals surface area contributed by atoms with E-state index in [4.69, 9.17) is 4.74 Å². The number of ether oxygens (including phenoxy) is 1. The van der Waals surface area contributed by atoms with Crippen LogP contribution in [0, 0.1) is 13.8 Å². The Morgan fingerprint density at radius 3 is 2.60 bits per heavy atom. The van der Waals surface area contributed by atoms with Gasteiger partial charge in [-0.25, -0.2) is 0 Å².